The van der Waals surface area contributed by atoms with E-state index in [0.29, 0.717) is 12.8 Å². The Hall–Kier alpha value is -3.85. The summed E-state index contributed by atoms with van der Waals surface area (Å²) in [5, 5.41) is 15.9. The van der Waals surface area contributed by atoms with Crippen LogP contribution in [0.3, 0.4) is 0 Å². The van der Waals surface area contributed by atoms with Crippen LogP contribution in [0.5, 0.6) is 5.75 Å². The van der Waals surface area contributed by atoms with Gasteiger partial charge in [0.25, 0.3) is 0 Å². The zero-order valence-corrected chi connectivity index (χ0v) is 20.0. The number of aromatic hydroxyl groups is 1. The molecule has 8 N–H and O–H groups in total. The summed E-state index contributed by atoms with van der Waals surface area (Å²) >= 11 is 0. The van der Waals surface area contributed by atoms with Gasteiger partial charge in [-0.2, -0.15) is 0 Å². The molecule has 0 aliphatic rings. The van der Waals surface area contributed by atoms with Crippen LogP contribution in [-0.2, 0) is 27.2 Å². The molecule has 0 saturated carbocycles. The van der Waals surface area contributed by atoms with Crippen LogP contribution >= 0.6 is 0 Å². The predicted octanol–water partition coefficient (Wildman–Crippen LogP) is 1.49. The Morgan fingerprint density at radius 1 is 0.943 bits per heavy atom. The zero-order chi connectivity index (χ0) is 25.5. The Morgan fingerprint density at radius 2 is 1.60 bits per heavy atom. The van der Waals surface area contributed by atoms with Crippen molar-refractivity contribution in [3.05, 3.63) is 65.9 Å². The van der Waals surface area contributed by atoms with Gasteiger partial charge in [-0.25, -0.2) is 0 Å². The molecule has 186 valence electrons. The number of phenols is 1. The second-order valence-electron chi connectivity index (χ2n) is 9.19. The summed E-state index contributed by atoms with van der Waals surface area (Å²) < 4.78 is 0. The lowest BCUT2D eigenvalue weighted by atomic mass is 10.00. The minimum Gasteiger partial charge on any atom is -0.508 e. The van der Waals surface area contributed by atoms with Crippen molar-refractivity contribution >= 4 is 28.6 Å². The lowest BCUT2D eigenvalue weighted by molar-refractivity contribution is -0.132. The van der Waals surface area contributed by atoms with Gasteiger partial charge in [0.15, 0.2) is 0 Å². The first kappa shape index (κ1) is 25.8. The van der Waals surface area contributed by atoms with Crippen molar-refractivity contribution in [1.82, 2.24) is 15.6 Å². The van der Waals surface area contributed by atoms with E-state index < -0.39 is 35.8 Å². The maximum Gasteiger partial charge on any atom is 0.243 e. The number of fused-ring (bicyclic) bond motifs is 1. The SMILES string of the molecule is CC(C)C[C@H](NC(=O)[C@@H](N)Cc1c[nH]c2ccccc12)C(=O)N[C@@H](Cc1ccc(O)cc1)C(N)=O. The van der Waals surface area contributed by atoms with Crippen LogP contribution in [0.15, 0.2) is 54.7 Å². The smallest absolute Gasteiger partial charge is 0.243 e. The molecule has 3 amide bonds. The average Bonchev–Trinajstić information content (AvgIpc) is 3.21. The van der Waals surface area contributed by atoms with Gasteiger partial charge in [-0.3, -0.25) is 14.4 Å². The molecule has 1 heterocycles. The third-order valence-electron chi connectivity index (χ3n) is 5.83. The highest BCUT2D eigenvalue weighted by molar-refractivity contribution is 5.93. The number of H-pyrrole nitrogens is 1. The van der Waals surface area contributed by atoms with Crippen LogP contribution in [0.1, 0.15) is 31.4 Å². The molecule has 0 saturated heterocycles. The summed E-state index contributed by atoms with van der Waals surface area (Å²) in [5.74, 6) is -1.46. The number of rotatable bonds is 11. The van der Waals surface area contributed by atoms with E-state index in [1.165, 1.54) is 12.1 Å². The molecule has 3 aromatic rings. The first-order valence-electron chi connectivity index (χ1n) is 11.6. The fraction of sp³-hybridized carbons (Fsp3) is 0.346. The highest BCUT2D eigenvalue weighted by Gasteiger charge is 2.28. The summed E-state index contributed by atoms with van der Waals surface area (Å²) in [4.78, 5) is 41.1. The Bertz CT molecular complexity index is 1170. The number of benzene rings is 2. The minimum atomic E-state index is -0.974. The summed E-state index contributed by atoms with van der Waals surface area (Å²) in [6, 6.07) is 11.3. The molecule has 0 aliphatic carbocycles. The summed E-state index contributed by atoms with van der Waals surface area (Å²) in [5.41, 5.74) is 14.3. The number of nitrogens with two attached hydrogens (primary N) is 2. The Labute approximate surface area is 204 Å². The topological polar surface area (TPSA) is 163 Å². The van der Waals surface area contributed by atoms with Gasteiger partial charge < -0.3 is 32.2 Å². The van der Waals surface area contributed by atoms with Crippen LogP contribution in [0.2, 0.25) is 0 Å². The maximum atomic E-state index is 13.1. The Kier molecular flexibility index (Phi) is 8.48. The number of amides is 3. The third-order valence-corrected chi connectivity index (χ3v) is 5.83. The third kappa shape index (κ3) is 7.07. The number of para-hydroxylation sites is 1. The molecule has 3 atom stereocenters. The summed E-state index contributed by atoms with van der Waals surface area (Å²) in [6.07, 6.45) is 2.65. The number of phenolic OH excluding ortho intramolecular Hbond substituents is 1. The number of hydrogen-bond acceptors (Lipinski definition) is 5. The molecule has 9 heteroatoms. The molecule has 0 radical (unpaired) electrons. The second kappa shape index (κ2) is 11.5. The van der Waals surface area contributed by atoms with Gasteiger partial charge in [0.05, 0.1) is 6.04 Å². The molecule has 0 bridgehead atoms. The van der Waals surface area contributed by atoms with E-state index in [-0.39, 0.29) is 18.1 Å². The van der Waals surface area contributed by atoms with Crippen molar-refractivity contribution in [2.45, 2.75) is 51.2 Å². The Morgan fingerprint density at radius 3 is 2.26 bits per heavy atom. The fourth-order valence-electron chi connectivity index (χ4n) is 3.97. The molecule has 0 unspecified atom stereocenters. The van der Waals surface area contributed by atoms with E-state index >= 15 is 0 Å². The van der Waals surface area contributed by atoms with E-state index in [9.17, 15) is 19.5 Å². The van der Waals surface area contributed by atoms with Crippen molar-refractivity contribution < 1.29 is 19.5 Å². The zero-order valence-electron chi connectivity index (χ0n) is 20.0. The second-order valence-corrected chi connectivity index (χ2v) is 9.19. The highest BCUT2D eigenvalue weighted by Crippen LogP contribution is 2.19. The van der Waals surface area contributed by atoms with Gasteiger partial charge in [-0.1, -0.05) is 44.2 Å². The summed E-state index contributed by atoms with van der Waals surface area (Å²) in [7, 11) is 0. The van der Waals surface area contributed by atoms with Crippen molar-refractivity contribution in [3.8, 4) is 5.75 Å². The van der Waals surface area contributed by atoms with E-state index in [0.717, 1.165) is 22.0 Å². The monoisotopic (exact) mass is 479 g/mol. The van der Waals surface area contributed by atoms with Crippen molar-refractivity contribution in [2.75, 3.05) is 0 Å². The number of aromatic amines is 1. The quantitative estimate of drug-likeness (QED) is 0.245. The first-order valence-corrected chi connectivity index (χ1v) is 11.6. The minimum absolute atomic E-state index is 0.0945. The van der Waals surface area contributed by atoms with Crippen LogP contribution in [0.25, 0.3) is 10.9 Å². The van der Waals surface area contributed by atoms with Crippen LogP contribution in [0.4, 0.5) is 0 Å². The van der Waals surface area contributed by atoms with Crippen LogP contribution < -0.4 is 22.1 Å². The highest BCUT2D eigenvalue weighted by atomic mass is 16.3. The Balaban J connectivity index is 1.67. The molecule has 35 heavy (non-hydrogen) atoms. The number of aromatic nitrogens is 1. The van der Waals surface area contributed by atoms with Crippen molar-refractivity contribution in [3.63, 3.8) is 0 Å². The first-order chi connectivity index (χ1) is 16.6. The van der Waals surface area contributed by atoms with Gasteiger partial charge in [0.2, 0.25) is 17.7 Å². The average molecular weight is 480 g/mol. The molecule has 0 aliphatic heterocycles. The lowest BCUT2D eigenvalue weighted by Gasteiger charge is -2.24. The van der Waals surface area contributed by atoms with E-state index in [4.69, 9.17) is 11.5 Å². The predicted molar refractivity (Wildman–Crippen MR) is 134 cm³/mol. The number of nitrogens with one attached hydrogen (secondary N) is 3. The van der Waals surface area contributed by atoms with E-state index in [1.54, 1.807) is 12.1 Å². The van der Waals surface area contributed by atoms with Gasteiger partial charge in [0.1, 0.15) is 17.8 Å². The summed E-state index contributed by atoms with van der Waals surface area (Å²) in [6.45, 7) is 3.86. The number of carbonyl (C=O) groups is 3. The van der Waals surface area contributed by atoms with Gasteiger partial charge in [-0.05, 0) is 48.1 Å². The molecule has 0 fully saturated rings. The van der Waals surface area contributed by atoms with Crippen molar-refractivity contribution in [1.29, 1.82) is 0 Å². The maximum absolute atomic E-state index is 13.1. The van der Waals surface area contributed by atoms with Crippen LogP contribution in [-0.4, -0.2) is 45.9 Å². The molecular weight excluding hydrogens is 446 g/mol. The van der Waals surface area contributed by atoms with Crippen LogP contribution in [0, 0.1) is 5.92 Å². The molecule has 1 aromatic heterocycles. The standard InChI is InChI=1S/C26H33N5O4/c1-15(2)11-23(26(35)30-22(24(28)33)12-16-7-9-18(32)10-8-16)31-25(34)20(27)13-17-14-29-21-6-4-3-5-19(17)21/h3-10,14-15,20,22-23,29,32H,11-13,27H2,1-2H3,(H2,28,33)(H,30,35)(H,31,34)/t20-,22-,23-/m0/s1. The van der Waals surface area contributed by atoms with Gasteiger partial charge in [-0.15, -0.1) is 0 Å². The number of carbonyl (C=O) groups excluding carboxylic acids is 3. The molecule has 3 rings (SSSR count). The lowest BCUT2D eigenvalue weighted by Crippen LogP contribution is -2.56. The van der Waals surface area contributed by atoms with E-state index in [2.05, 4.69) is 15.6 Å². The number of hydrogen-bond donors (Lipinski definition) is 6. The number of primary amides is 1. The fourth-order valence-corrected chi connectivity index (χ4v) is 3.97. The molecule has 0 spiro atoms. The molecule has 2 aromatic carbocycles. The normalized spacial score (nSPS) is 13.8. The molecular formula is C26H33N5O4. The van der Waals surface area contributed by atoms with Gasteiger partial charge in [0, 0.05) is 23.5 Å². The molecule has 9 nitrogen and oxygen atoms in total. The van der Waals surface area contributed by atoms with E-state index in [1.807, 2.05) is 44.3 Å². The largest absolute Gasteiger partial charge is 0.508 e. The van der Waals surface area contributed by atoms with Gasteiger partial charge >= 0.3 is 0 Å². The van der Waals surface area contributed by atoms with Crippen molar-refractivity contribution in [2.24, 2.45) is 17.4 Å².